The summed E-state index contributed by atoms with van der Waals surface area (Å²) < 4.78 is 5.36. The number of guanidine groups is 1. The van der Waals surface area contributed by atoms with Gasteiger partial charge in [-0.1, -0.05) is 48.8 Å². The molecule has 0 saturated carbocycles. The van der Waals surface area contributed by atoms with Crippen molar-refractivity contribution in [3.05, 3.63) is 42.1 Å². The van der Waals surface area contributed by atoms with Crippen LogP contribution in [0.4, 0.5) is 0 Å². The largest absolute Gasteiger partial charge is 0.356 e. The van der Waals surface area contributed by atoms with Crippen molar-refractivity contribution in [1.82, 2.24) is 15.8 Å². The van der Waals surface area contributed by atoms with E-state index in [4.69, 9.17) is 4.52 Å². The second-order valence-corrected chi connectivity index (χ2v) is 4.75. The summed E-state index contributed by atoms with van der Waals surface area (Å²) in [6, 6.07) is 11.9. The molecule has 1 aromatic heterocycles. The highest BCUT2D eigenvalue weighted by molar-refractivity contribution is 5.79. The minimum atomic E-state index is 0.585. The quantitative estimate of drug-likeness (QED) is 0.487. The van der Waals surface area contributed by atoms with E-state index in [0.717, 1.165) is 42.4 Å². The molecule has 5 nitrogen and oxygen atoms in total. The molecule has 2 N–H and O–H groups in total. The number of nitrogens with zero attached hydrogens (tertiary/aromatic N) is 2. The molecule has 112 valence electrons. The number of aliphatic imine (C=N–C) groups is 1. The van der Waals surface area contributed by atoms with E-state index in [9.17, 15) is 0 Å². The third-order valence-corrected chi connectivity index (χ3v) is 3.10. The zero-order chi connectivity index (χ0) is 14.9. The zero-order valence-electron chi connectivity index (χ0n) is 12.6. The first-order valence-electron chi connectivity index (χ1n) is 7.29. The normalized spacial score (nSPS) is 11.4. The molecule has 2 aromatic rings. The lowest BCUT2D eigenvalue weighted by molar-refractivity contribution is 0.422. The predicted octanol–water partition coefficient (Wildman–Crippen LogP) is 2.81. The van der Waals surface area contributed by atoms with Gasteiger partial charge in [0.05, 0.1) is 6.54 Å². The van der Waals surface area contributed by atoms with Crippen LogP contribution < -0.4 is 10.6 Å². The number of benzene rings is 1. The Morgan fingerprint density at radius 1 is 1.24 bits per heavy atom. The summed E-state index contributed by atoms with van der Waals surface area (Å²) in [7, 11) is 1.76. The molecule has 0 fully saturated rings. The Labute approximate surface area is 125 Å². The molecule has 0 aliphatic heterocycles. The van der Waals surface area contributed by atoms with Gasteiger partial charge in [-0.05, 0) is 6.42 Å². The van der Waals surface area contributed by atoms with Crippen LogP contribution in [0.25, 0.3) is 11.3 Å². The van der Waals surface area contributed by atoms with Crippen molar-refractivity contribution in [2.24, 2.45) is 4.99 Å². The number of rotatable bonds is 6. The van der Waals surface area contributed by atoms with Gasteiger partial charge in [0.1, 0.15) is 5.69 Å². The van der Waals surface area contributed by atoms with Gasteiger partial charge >= 0.3 is 0 Å². The summed E-state index contributed by atoms with van der Waals surface area (Å²) in [5.41, 5.74) is 1.88. The second kappa shape index (κ2) is 8.09. The topological polar surface area (TPSA) is 62.5 Å². The monoisotopic (exact) mass is 286 g/mol. The van der Waals surface area contributed by atoms with Crippen molar-refractivity contribution >= 4 is 5.96 Å². The maximum atomic E-state index is 5.36. The lowest BCUT2D eigenvalue weighted by atomic mass is 10.2. The highest BCUT2D eigenvalue weighted by atomic mass is 16.5. The van der Waals surface area contributed by atoms with Crippen molar-refractivity contribution in [2.75, 3.05) is 13.6 Å². The Morgan fingerprint density at radius 3 is 2.76 bits per heavy atom. The second-order valence-electron chi connectivity index (χ2n) is 4.75. The summed E-state index contributed by atoms with van der Waals surface area (Å²) in [4.78, 5) is 4.18. The highest BCUT2D eigenvalue weighted by Gasteiger charge is 2.06. The fourth-order valence-corrected chi connectivity index (χ4v) is 1.91. The number of unbranched alkanes of at least 4 members (excludes halogenated alkanes) is 1. The van der Waals surface area contributed by atoms with E-state index in [0.29, 0.717) is 6.54 Å². The van der Waals surface area contributed by atoms with Gasteiger partial charge in [0.25, 0.3) is 0 Å². The Hall–Kier alpha value is -2.30. The van der Waals surface area contributed by atoms with Gasteiger partial charge in [0.2, 0.25) is 0 Å². The standard InChI is InChI=1S/C16H22N4O/c1-3-4-10-18-16(17-2)19-12-14-11-15(21-20-14)13-8-6-5-7-9-13/h5-9,11H,3-4,10,12H2,1-2H3,(H2,17,18,19). The van der Waals surface area contributed by atoms with Crippen LogP contribution in [0.3, 0.4) is 0 Å². The molecule has 2 rings (SSSR count). The van der Waals surface area contributed by atoms with Crippen molar-refractivity contribution in [3.63, 3.8) is 0 Å². The fraction of sp³-hybridized carbons (Fsp3) is 0.375. The maximum absolute atomic E-state index is 5.36. The molecule has 5 heteroatoms. The summed E-state index contributed by atoms with van der Waals surface area (Å²) in [5.74, 6) is 1.56. The minimum absolute atomic E-state index is 0.585. The molecule has 0 aliphatic carbocycles. The molecule has 21 heavy (non-hydrogen) atoms. The third kappa shape index (κ3) is 4.63. The molecule has 0 unspecified atom stereocenters. The SMILES string of the molecule is CCCCNC(=NC)NCc1cc(-c2ccccc2)on1. The first-order chi connectivity index (χ1) is 10.3. The summed E-state index contributed by atoms with van der Waals surface area (Å²) in [6.07, 6.45) is 2.29. The van der Waals surface area contributed by atoms with Crippen LogP contribution in [0.5, 0.6) is 0 Å². The van der Waals surface area contributed by atoms with E-state index in [1.807, 2.05) is 36.4 Å². The lowest BCUT2D eigenvalue weighted by Gasteiger charge is -2.09. The molecule has 0 saturated heterocycles. The molecule has 0 atom stereocenters. The van der Waals surface area contributed by atoms with Crippen molar-refractivity contribution < 1.29 is 4.52 Å². The minimum Gasteiger partial charge on any atom is -0.356 e. The lowest BCUT2D eigenvalue weighted by Crippen LogP contribution is -2.37. The smallest absolute Gasteiger partial charge is 0.191 e. The average Bonchev–Trinajstić information content (AvgIpc) is 3.00. The summed E-state index contributed by atoms with van der Waals surface area (Å²) >= 11 is 0. The Kier molecular flexibility index (Phi) is 5.82. The van der Waals surface area contributed by atoms with Gasteiger partial charge in [0.15, 0.2) is 11.7 Å². The maximum Gasteiger partial charge on any atom is 0.191 e. The molecule has 0 radical (unpaired) electrons. The first-order valence-corrected chi connectivity index (χ1v) is 7.29. The molecule has 1 heterocycles. The van der Waals surface area contributed by atoms with E-state index in [1.165, 1.54) is 0 Å². The zero-order valence-corrected chi connectivity index (χ0v) is 12.6. The fourth-order valence-electron chi connectivity index (χ4n) is 1.91. The van der Waals surface area contributed by atoms with Gasteiger partial charge in [-0.3, -0.25) is 4.99 Å². The number of hydrogen-bond donors (Lipinski definition) is 2. The summed E-state index contributed by atoms with van der Waals surface area (Å²) in [6.45, 7) is 3.67. The molecular formula is C16H22N4O. The highest BCUT2D eigenvalue weighted by Crippen LogP contribution is 2.19. The van der Waals surface area contributed by atoms with Gasteiger partial charge in [0, 0.05) is 25.2 Å². The third-order valence-electron chi connectivity index (χ3n) is 3.10. The Morgan fingerprint density at radius 2 is 2.05 bits per heavy atom. The molecular weight excluding hydrogens is 264 g/mol. The van der Waals surface area contributed by atoms with E-state index < -0.39 is 0 Å². The molecule has 1 aromatic carbocycles. The number of hydrogen-bond acceptors (Lipinski definition) is 3. The van der Waals surface area contributed by atoms with Crippen LogP contribution in [0, 0.1) is 0 Å². The average molecular weight is 286 g/mol. The van der Waals surface area contributed by atoms with Crippen LogP contribution in [-0.2, 0) is 6.54 Å². The first kappa shape index (κ1) is 15.1. The van der Waals surface area contributed by atoms with Gasteiger partial charge in [-0.25, -0.2) is 0 Å². The van der Waals surface area contributed by atoms with Crippen LogP contribution in [0.15, 0.2) is 45.9 Å². The van der Waals surface area contributed by atoms with Crippen LogP contribution in [0.1, 0.15) is 25.5 Å². The predicted molar refractivity (Wildman–Crippen MR) is 85.0 cm³/mol. The van der Waals surface area contributed by atoms with E-state index in [2.05, 4.69) is 27.7 Å². The van der Waals surface area contributed by atoms with E-state index in [-0.39, 0.29) is 0 Å². The van der Waals surface area contributed by atoms with Gasteiger partial charge < -0.3 is 15.2 Å². The van der Waals surface area contributed by atoms with E-state index in [1.54, 1.807) is 7.05 Å². The summed E-state index contributed by atoms with van der Waals surface area (Å²) in [5, 5.41) is 10.6. The van der Waals surface area contributed by atoms with Crippen LogP contribution in [-0.4, -0.2) is 24.7 Å². The molecule has 0 aliphatic rings. The van der Waals surface area contributed by atoms with Gasteiger partial charge in [-0.2, -0.15) is 0 Å². The van der Waals surface area contributed by atoms with Crippen molar-refractivity contribution in [3.8, 4) is 11.3 Å². The Balaban J connectivity index is 1.88. The number of aromatic nitrogens is 1. The van der Waals surface area contributed by atoms with Gasteiger partial charge in [-0.15, -0.1) is 0 Å². The Bertz CT molecular complexity index is 563. The molecule has 0 spiro atoms. The van der Waals surface area contributed by atoms with Crippen LogP contribution in [0.2, 0.25) is 0 Å². The van der Waals surface area contributed by atoms with Crippen LogP contribution >= 0.6 is 0 Å². The van der Waals surface area contributed by atoms with Crippen molar-refractivity contribution in [1.29, 1.82) is 0 Å². The molecule has 0 amide bonds. The number of nitrogens with one attached hydrogen (secondary N) is 2. The molecule has 0 bridgehead atoms. The van der Waals surface area contributed by atoms with Crippen molar-refractivity contribution in [2.45, 2.75) is 26.3 Å². The van der Waals surface area contributed by atoms with E-state index >= 15 is 0 Å².